The quantitative estimate of drug-likeness (QED) is 0.275. The Balaban J connectivity index is 2.40. The molecule has 0 aliphatic carbocycles. The Morgan fingerprint density at radius 1 is 0.900 bits per heavy atom. The second-order valence-electron chi connectivity index (χ2n) is 5.12. The van der Waals surface area contributed by atoms with Crippen molar-refractivity contribution in [2.45, 2.75) is 24.2 Å². The van der Waals surface area contributed by atoms with Crippen LogP contribution in [0.25, 0.3) is 11.1 Å². The maximum Gasteiger partial charge on any atom is 0.0241 e. The van der Waals surface area contributed by atoms with E-state index >= 15 is 0 Å². The van der Waals surface area contributed by atoms with Crippen molar-refractivity contribution in [3.63, 3.8) is 0 Å². The molecule has 0 heterocycles. The van der Waals surface area contributed by atoms with E-state index in [4.69, 9.17) is 0 Å². The van der Waals surface area contributed by atoms with Gasteiger partial charge in [-0.05, 0) is 80.3 Å². The zero-order valence-electron chi connectivity index (χ0n) is 11.5. The third-order valence-electron chi connectivity index (χ3n) is 3.57. The smallest absolute Gasteiger partial charge is 0.0241 e. The van der Waals surface area contributed by atoms with Crippen LogP contribution in [0, 0.1) is 13.1 Å². The molecular weight excluding hydrogens is 585 g/mol. The highest BCUT2D eigenvalue weighted by atomic mass is 127. The molecule has 0 aliphatic rings. The molecule has 0 amide bonds. The Morgan fingerprint density at radius 3 is 2.20 bits per heavy atom. The largest absolute Gasteiger partial charge is 0.0826 e. The molecule has 0 fully saturated rings. The van der Waals surface area contributed by atoms with E-state index in [-0.39, 0.29) is 0 Å². The van der Waals surface area contributed by atoms with E-state index < -0.39 is 0 Å². The molecule has 0 radical (unpaired) electrons. The minimum absolute atomic E-state index is 0.698. The molecule has 2 aromatic carbocycles. The van der Waals surface area contributed by atoms with Crippen molar-refractivity contribution >= 4 is 67.8 Å². The van der Waals surface area contributed by atoms with Crippen molar-refractivity contribution < 1.29 is 0 Å². The van der Waals surface area contributed by atoms with E-state index in [0.717, 1.165) is 6.42 Å². The fourth-order valence-corrected chi connectivity index (χ4v) is 3.94. The lowest BCUT2D eigenvalue weighted by atomic mass is 9.96. The van der Waals surface area contributed by atoms with E-state index in [2.05, 4.69) is 124 Å². The summed E-state index contributed by atoms with van der Waals surface area (Å²) in [6, 6.07) is 15.3. The lowest BCUT2D eigenvalue weighted by Crippen LogP contribution is -2.10. The minimum Gasteiger partial charge on any atom is -0.0826 e. The predicted octanol–water partition coefficient (Wildman–Crippen LogP) is 6.56. The molecule has 2 aromatic rings. The first-order chi connectivity index (χ1) is 9.50. The number of rotatable bonds is 4. The van der Waals surface area contributed by atoms with Crippen LogP contribution in [-0.4, -0.2) is 3.92 Å². The van der Waals surface area contributed by atoms with E-state index in [0.29, 0.717) is 9.84 Å². The molecular formula is C17H17I3. The second-order valence-corrected chi connectivity index (χ2v) is 9.32. The minimum atomic E-state index is 0.698. The molecule has 0 saturated heterocycles. The van der Waals surface area contributed by atoms with Crippen LogP contribution >= 0.6 is 67.8 Å². The third kappa shape index (κ3) is 4.09. The van der Waals surface area contributed by atoms with Gasteiger partial charge in [0.1, 0.15) is 0 Å². The van der Waals surface area contributed by atoms with Crippen LogP contribution < -0.4 is 0 Å². The molecule has 0 N–H and O–H groups in total. The molecule has 2 atom stereocenters. The first kappa shape index (κ1) is 17.0. The van der Waals surface area contributed by atoms with Crippen molar-refractivity contribution in [1.82, 2.24) is 0 Å². The van der Waals surface area contributed by atoms with Gasteiger partial charge in [-0.1, -0.05) is 72.8 Å². The molecule has 20 heavy (non-hydrogen) atoms. The molecule has 2 unspecified atom stereocenters. The Morgan fingerprint density at radius 2 is 1.55 bits per heavy atom. The van der Waals surface area contributed by atoms with E-state index in [9.17, 15) is 0 Å². The number of benzene rings is 2. The SMILES string of the molecule is CC(I)C(C)Cc1cccc(-c2ccccc2I)c1I. The molecule has 0 nitrogen and oxygen atoms in total. The van der Waals surface area contributed by atoms with Crippen molar-refractivity contribution in [3.05, 3.63) is 55.2 Å². The molecule has 0 aromatic heterocycles. The topological polar surface area (TPSA) is 0 Å². The van der Waals surface area contributed by atoms with Crippen LogP contribution in [0.3, 0.4) is 0 Å². The molecule has 0 bridgehead atoms. The molecule has 0 spiro atoms. The summed E-state index contributed by atoms with van der Waals surface area (Å²) in [6.07, 6.45) is 1.15. The molecule has 3 heteroatoms. The standard InChI is InChI=1S/C17H17I3/c1-11(12(2)18)10-13-6-5-8-15(17(13)20)14-7-3-4-9-16(14)19/h3-9,11-12H,10H2,1-2H3. The van der Waals surface area contributed by atoms with Crippen LogP contribution in [0.2, 0.25) is 0 Å². The summed E-state index contributed by atoms with van der Waals surface area (Å²) in [5, 5.41) is 0. The van der Waals surface area contributed by atoms with E-state index in [1.165, 1.54) is 23.8 Å². The van der Waals surface area contributed by atoms with Crippen LogP contribution in [0.1, 0.15) is 19.4 Å². The Labute approximate surface area is 162 Å². The van der Waals surface area contributed by atoms with Crippen molar-refractivity contribution in [3.8, 4) is 11.1 Å². The van der Waals surface area contributed by atoms with Gasteiger partial charge < -0.3 is 0 Å². The summed E-state index contributed by atoms with van der Waals surface area (Å²) >= 11 is 7.46. The highest BCUT2D eigenvalue weighted by Crippen LogP contribution is 2.32. The van der Waals surface area contributed by atoms with Crippen LogP contribution in [-0.2, 0) is 6.42 Å². The Kier molecular flexibility index (Phi) is 6.59. The molecule has 106 valence electrons. The monoisotopic (exact) mass is 602 g/mol. The number of alkyl halides is 1. The first-order valence-electron chi connectivity index (χ1n) is 6.67. The highest BCUT2D eigenvalue weighted by Gasteiger charge is 2.14. The third-order valence-corrected chi connectivity index (χ3v) is 7.01. The number of hydrogen-bond acceptors (Lipinski definition) is 0. The van der Waals surface area contributed by atoms with Crippen LogP contribution in [0.5, 0.6) is 0 Å². The highest BCUT2D eigenvalue weighted by molar-refractivity contribution is 14.1. The average Bonchev–Trinajstić information content (AvgIpc) is 2.42. The van der Waals surface area contributed by atoms with Crippen LogP contribution in [0.15, 0.2) is 42.5 Å². The lowest BCUT2D eigenvalue weighted by molar-refractivity contribution is 0.588. The van der Waals surface area contributed by atoms with E-state index in [1.807, 2.05) is 0 Å². The molecule has 2 rings (SSSR count). The molecule has 0 aliphatic heterocycles. The summed E-state index contributed by atoms with van der Waals surface area (Å²) in [5.41, 5.74) is 4.18. The van der Waals surface area contributed by atoms with Gasteiger partial charge in [0.15, 0.2) is 0 Å². The van der Waals surface area contributed by atoms with E-state index in [1.54, 1.807) is 0 Å². The summed E-state index contributed by atoms with van der Waals surface area (Å²) in [4.78, 5) is 0. The van der Waals surface area contributed by atoms with Gasteiger partial charge in [-0.2, -0.15) is 0 Å². The zero-order chi connectivity index (χ0) is 14.7. The fourth-order valence-electron chi connectivity index (χ4n) is 2.13. The van der Waals surface area contributed by atoms with Gasteiger partial charge in [0.05, 0.1) is 0 Å². The van der Waals surface area contributed by atoms with Crippen molar-refractivity contribution in [2.75, 3.05) is 0 Å². The van der Waals surface area contributed by atoms with Gasteiger partial charge in [0.2, 0.25) is 0 Å². The maximum atomic E-state index is 2.53. The molecule has 0 saturated carbocycles. The summed E-state index contributed by atoms with van der Waals surface area (Å²) in [7, 11) is 0. The normalized spacial score (nSPS) is 14.1. The number of halogens is 3. The average molecular weight is 602 g/mol. The maximum absolute atomic E-state index is 2.53. The Bertz CT molecular complexity index is 591. The van der Waals surface area contributed by atoms with Gasteiger partial charge in [0.25, 0.3) is 0 Å². The van der Waals surface area contributed by atoms with Gasteiger partial charge in [0, 0.05) is 11.1 Å². The van der Waals surface area contributed by atoms with Crippen molar-refractivity contribution in [1.29, 1.82) is 0 Å². The van der Waals surface area contributed by atoms with Gasteiger partial charge in [-0.3, -0.25) is 0 Å². The van der Waals surface area contributed by atoms with Gasteiger partial charge in [-0.25, -0.2) is 0 Å². The summed E-state index contributed by atoms with van der Waals surface area (Å²) in [6.45, 7) is 4.63. The predicted molar refractivity (Wildman–Crippen MR) is 114 cm³/mol. The Hall–Kier alpha value is 0.630. The first-order valence-corrected chi connectivity index (χ1v) is 10.1. The lowest BCUT2D eigenvalue weighted by Gasteiger charge is -2.17. The fraction of sp³-hybridized carbons (Fsp3) is 0.294. The van der Waals surface area contributed by atoms with Gasteiger partial charge in [-0.15, -0.1) is 0 Å². The summed E-state index contributed by atoms with van der Waals surface area (Å²) in [5.74, 6) is 0.703. The second kappa shape index (κ2) is 7.76. The zero-order valence-corrected chi connectivity index (χ0v) is 18.0. The summed E-state index contributed by atoms with van der Waals surface area (Å²) < 4.78 is 3.41. The van der Waals surface area contributed by atoms with Gasteiger partial charge >= 0.3 is 0 Å². The van der Waals surface area contributed by atoms with Crippen molar-refractivity contribution in [2.24, 2.45) is 5.92 Å². The number of hydrogen-bond donors (Lipinski definition) is 0. The van der Waals surface area contributed by atoms with Crippen LogP contribution in [0.4, 0.5) is 0 Å².